The Hall–Kier alpha value is -2.63. The van der Waals surface area contributed by atoms with Crippen LogP contribution in [0.1, 0.15) is 34.5 Å². The molecule has 1 aromatic heterocycles. The number of ether oxygens (including phenoxy) is 1. The first-order valence-electron chi connectivity index (χ1n) is 7.48. The van der Waals surface area contributed by atoms with E-state index < -0.39 is 17.3 Å². The number of hydrogen-bond acceptors (Lipinski definition) is 3. The van der Waals surface area contributed by atoms with Crippen LogP contribution in [-0.2, 0) is 12.8 Å². The van der Waals surface area contributed by atoms with E-state index in [2.05, 4.69) is 10.3 Å². The smallest absolute Gasteiger partial charge is 0.261 e. The van der Waals surface area contributed by atoms with Crippen LogP contribution in [0.5, 0.6) is 5.75 Å². The van der Waals surface area contributed by atoms with Gasteiger partial charge in [0.05, 0.1) is 12.8 Å². The van der Waals surface area contributed by atoms with Crippen molar-refractivity contribution < 1.29 is 13.9 Å². The van der Waals surface area contributed by atoms with Gasteiger partial charge in [-0.1, -0.05) is 0 Å². The minimum atomic E-state index is -0.633. The number of benzene rings is 1. The van der Waals surface area contributed by atoms with Gasteiger partial charge < -0.3 is 15.0 Å². The highest BCUT2D eigenvalue weighted by Gasteiger charge is 2.18. The van der Waals surface area contributed by atoms with Gasteiger partial charge in [0, 0.05) is 11.8 Å². The quantitative estimate of drug-likeness (QED) is 0.914. The predicted octanol–water partition coefficient (Wildman–Crippen LogP) is 2.65. The van der Waals surface area contributed by atoms with E-state index in [1.54, 1.807) is 6.07 Å². The molecule has 5 nitrogen and oxygen atoms in total. The van der Waals surface area contributed by atoms with E-state index in [0.29, 0.717) is 5.75 Å². The molecule has 1 aromatic carbocycles. The van der Waals surface area contributed by atoms with E-state index in [9.17, 15) is 14.0 Å². The lowest BCUT2D eigenvalue weighted by Crippen LogP contribution is -2.26. The fourth-order valence-electron chi connectivity index (χ4n) is 2.76. The third kappa shape index (κ3) is 3.11. The van der Waals surface area contributed by atoms with Gasteiger partial charge in [0.1, 0.15) is 17.1 Å². The molecule has 1 aliphatic carbocycles. The molecule has 0 spiro atoms. The Morgan fingerprint density at radius 2 is 2.04 bits per heavy atom. The third-order valence-electron chi connectivity index (χ3n) is 4.00. The summed E-state index contributed by atoms with van der Waals surface area (Å²) in [5, 5.41) is 2.43. The van der Waals surface area contributed by atoms with Crippen molar-refractivity contribution >= 4 is 11.6 Å². The van der Waals surface area contributed by atoms with Crippen LogP contribution >= 0.6 is 0 Å². The molecule has 2 aromatic rings. The molecule has 120 valence electrons. The first kappa shape index (κ1) is 15.3. The van der Waals surface area contributed by atoms with Gasteiger partial charge >= 0.3 is 0 Å². The van der Waals surface area contributed by atoms with E-state index >= 15 is 0 Å². The summed E-state index contributed by atoms with van der Waals surface area (Å²) in [6.07, 6.45) is 3.71. The minimum Gasteiger partial charge on any atom is -0.497 e. The standard InChI is InChI=1S/C17H17FN2O3/c1-23-11-6-7-13(18)15(9-11)20-17(22)12-8-10-4-2-3-5-14(10)19-16(12)21/h6-9H,2-5H2,1H3,(H,19,21)(H,20,22). The largest absolute Gasteiger partial charge is 0.497 e. The van der Waals surface area contributed by atoms with Crippen LogP contribution in [-0.4, -0.2) is 18.0 Å². The number of anilines is 1. The number of halogens is 1. The van der Waals surface area contributed by atoms with Crippen molar-refractivity contribution in [3.8, 4) is 5.75 Å². The first-order valence-corrected chi connectivity index (χ1v) is 7.48. The number of aromatic nitrogens is 1. The Morgan fingerprint density at radius 1 is 1.26 bits per heavy atom. The van der Waals surface area contributed by atoms with Gasteiger partial charge in [-0.2, -0.15) is 0 Å². The van der Waals surface area contributed by atoms with E-state index in [0.717, 1.165) is 36.9 Å². The van der Waals surface area contributed by atoms with Gasteiger partial charge in [0.2, 0.25) is 0 Å². The molecule has 0 radical (unpaired) electrons. The van der Waals surface area contributed by atoms with Crippen molar-refractivity contribution in [3.05, 3.63) is 57.3 Å². The number of methoxy groups -OCH3 is 1. The topological polar surface area (TPSA) is 71.2 Å². The Morgan fingerprint density at radius 3 is 2.83 bits per heavy atom. The number of hydrogen-bond donors (Lipinski definition) is 2. The van der Waals surface area contributed by atoms with Crippen LogP contribution in [0.15, 0.2) is 29.1 Å². The van der Waals surface area contributed by atoms with Crippen LogP contribution < -0.4 is 15.6 Å². The highest BCUT2D eigenvalue weighted by atomic mass is 19.1. The maximum absolute atomic E-state index is 13.8. The highest BCUT2D eigenvalue weighted by Crippen LogP contribution is 2.22. The number of aryl methyl sites for hydroxylation is 2. The normalized spacial score (nSPS) is 13.3. The van der Waals surface area contributed by atoms with Crippen molar-refractivity contribution in [3.63, 3.8) is 0 Å². The molecule has 2 N–H and O–H groups in total. The van der Waals surface area contributed by atoms with Crippen LogP contribution in [0.4, 0.5) is 10.1 Å². The zero-order valence-electron chi connectivity index (χ0n) is 12.7. The van der Waals surface area contributed by atoms with E-state index in [1.165, 1.54) is 25.3 Å². The number of fused-ring (bicyclic) bond motifs is 1. The zero-order chi connectivity index (χ0) is 16.4. The summed E-state index contributed by atoms with van der Waals surface area (Å²) in [4.78, 5) is 27.2. The van der Waals surface area contributed by atoms with Crippen LogP contribution in [0.3, 0.4) is 0 Å². The monoisotopic (exact) mass is 316 g/mol. The summed E-state index contributed by atoms with van der Waals surface area (Å²) >= 11 is 0. The number of nitrogens with one attached hydrogen (secondary N) is 2. The number of amides is 1. The van der Waals surface area contributed by atoms with Crippen LogP contribution in [0.25, 0.3) is 0 Å². The zero-order valence-corrected chi connectivity index (χ0v) is 12.7. The van der Waals surface area contributed by atoms with Gasteiger partial charge in [-0.3, -0.25) is 9.59 Å². The lowest BCUT2D eigenvalue weighted by molar-refractivity contribution is 0.102. The molecular formula is C17H17FN2O3. The molecule has 0 bridgehead atoms. The van der Waals surface area contributed by atoms with E-state index in [4.69, 9.17) is 4.74 Å². The molecule has 0 atom stereocenters. The molecule has 1 amide bonds. The Balaban J connectivity index is 1.91. The van der Waals surface area contributed by atoms with E-state index in [-0.39, 0.29) is 11.3 Å². The summed E-state index contributed by atoms with van der Waals surface area (Å²) in [5.41, 5.74) is 1.39. The highest BCUT2D eigenvalue weighted by molar-refractivity contribution is 6.04. The van der Waals surface area contributed by atoms with Crippen LogP contribution in [0, 0.1) is 5.82 Å². The summed E-state index contributed by atoms with van der Waals surface area (Å²) in [7, 11) is 1.45. The number of carbonyl (C=O) groups excluding carboxylic acids is 1. The van der Waals surface area contributed by atoms with Gasteiger partial charge in [-0.15, -0.1) is 0 Å². The summed E-state index contributed by atoms with van der Waals surface area (Å²) in [5.74, 6) is -0.804. The van der Waals surface area contributed by atoms with Gasteiger partial charge in [-0.05, 0) is 49.4 Å². The maximum Gasteiger partial charge on any atom is 0.261 e. The molecule has 23 heavy (non-hydrogen) atoms. The maximum atomic E-state index is 13.8. The fraction of sp³-hybridized carbons (Fsp3) is 0.294. The lowest BCUT2D eigenvalue weighted by atomic mass is 9.95. The van der Waals surface area contributed by atoms with Crippen molar-refractivity contribution in [2.24, 2.45) is 0 Å². The predicted molar refractivity (Wildman–Crippen MR) is 84.6 cm³/mol. The molecule has 1 aliphatic rings. The van der Waals surface area contributed by atoms with E-state index in [1.807, 2.05) is 0 Å². The molecule has 0 unspecified atom stereocenters. The molecule has 3 rings (SSSR count). The Labute approximate surface area is 132 Å². The number of H-pyrrole nitrogens is 1. The fourth-order valence-corrected chi connectivity index (χ4v) is 2.76. The molecule has 0 saturated heterocycles. The summed E-state index contributed by atoms with van der Waals surface area (Å²) in [6.45, 7) is 0. The summed E-state index contributed by atoms with van der Waals surface area (Å²) < 4.78 is 18.8. The average Bonchev–Trinajstić information content (AvgIpc) is 2.56. The SMILES string of the molecule is COc1ccc(F)c(NC(=O)c2cc3c([nH]c2=O)CCCC3)c1. The summed E-state index contributed by atoms with van der Waals surface area (Å²) in [6, 6.07) is 5.64. The number of aromatic amines is 1. The second kappa shape index (κ2) is 6.24. The third-order valence-corrected chi connectivity index (χ3v) is 4.00. The molecule has 6 heteroatoms. The van der Waals surface area contributed by atoms with Crippen molar-refractivity contribution in [2.75, 3.05) is 12.4 Å². The molecule has 0 fully saturated rings. The lowest BCUT2D eigenvalue weighted by Gasteiger charge is -2.16. The minimum absolute atomic E-state index is 0.00660. The van der Waals surface area contributed by atoms with Crippen molar-refractivity contribution in [2.45, 2.75) is 25.7 Å². The van der Waals surface area contributed by atoms with Gasteiger partial charge in [-0.25, -0.2) is 4.39 Å². The van der Waals surface area contributed by atoms with Crippen molar-refractivity contribution in [1.29, 1.82) is 0 Å². The molecule has 0 aliphatic heterocycles. The average molecular weight is 316 g/mol. The molecular weight excluding hydrogens is 299 g/mol. The second-order valence-corrected chi connectivity index (χ2v) is 5.52. The van der Waals surface area contributed by atoms with Crippen molar-refractivity contribution in [1.82, 2.24) is 4.98 Å². The molecule has 1 heterocycles. The Bertz CT molecular complexity index is 814. The van der Waals surface area contributed by atoms with Crippen LogP contribution in [0.2, 0.25) is 0 Å². The second-order valence-electron chi connectivity index (χ2n) is 5.52. The number of rotatable bonds is 3. The number of carbonyl (C=O) groups is 1. The number of pyridine rings is 1. The Kier molecular flexibility index (Phi) is 4.14. The molecule has 0 saturated carbocycles. The first-order chi connectivity index (χ1) is 11.1. The van der Waals surface area contributed by atoms with Gasteiger partial charge in [0.25, 0.3) is 11.5 Å². The van der Waals surface area contributed by atoms with Gasteiger partial charge in [0.15, 0.2) is 0 Å².